The van der Waals surface area contributed by atoms with Crippen LogP contribution in [-0.4, -0.2) is 24.5 Å². The van der Waals surface area contributed by atoms with Crippen molar-refractivity contribution in [3.05, 3.63) is 0 Å². The second-order valence-corrected chi connectivity index (χ2v) is 8.81. The monoisotopic (exact) mass is 342 g/mol. The van der Waals surface area contributed by atoms with Gasteiger partial charge in [0.05, 0.1) is 6.54 Å². The van der Waals surface area contributed by atoms with E-state index >= 15 is 0 Å². The van der Waals surface area contributed by atoms with Crippen LogP contribution in [0, 0.1) is 23.2 Å². The second-order valence-electron chi connectivity index (χ2n) is 8.81. The molecule has 3 saturated carbocycles. The Morgan fingerprint density at radius 2 is 1.65 bits per heavy atom. The topological polar surface area (TPSA) is 41.1 Å². The van der Waals surface area contributed by atoms with Gasteiger partial charge in [0.15, 0.2) is 0 Å². The average Bonchev–Trinajstić information content (AvgIpc) is 3.03. The molecule has 3 aliphatic carbocycles. The third-order valence-electron chi connectivity index (χ3n) is 7.45. The summed E-state index contributed by atoms with van der Waals surface area (Å²) >= 11 is 0. The van der Waals surface area contributed by atoms with E-state index in [1.165, 1.54) is 51.4 Å². The molecule has 134 valence electrons. The van der Waals surface area contributed by atoms with Crippen molar-refractivity contribution in [2.24, 2.45) is 23.2 Å². The molecular weight excluding hydrogens is 308 g/mol. The first-order chi connectivity index (χ1) is 10.4. The summed E-state index contributed by atoms with van der Waals surface area (Å²) in [5.41, 5.74) is 0.217. The average molecular weight is 343 g/mol. The van der Waals surface area contributed by atoms with Crippen molar-refractivity contribution < 1.29 is 4.79 Å². The molecule has 0 aliphatic heterocycles. The zero-order valence-electron chi connectivity index (χ0n) is 15.1. The Balaban J connectivity index is 0.00000192. The third kappa shape index (κ3) is 3.56. The highest BCUT2D eigenvalue weighted by molar-refractivity contribution is 5.85. The van der Waals surface area contributed by atoms with Crippen LogP contribution in [0.4, 0.5) is 0 Å². The summed E-state index contributed by atoms with van der Waals surface area (Å²) < 4.78 is 0. The van der Waals surface area contributed by atoms with E-state index in [-0.39, 0.29) is 29.3 Å². The highest BCUT2D eigenvalue weighted by Gasteiger charge is 2.60. The summed E-state index contributed by atoms with van der Waals surface area (Å²) in [7, 11) is 0. The number of carbonyl (C=O) groups is 1. The number of amides is 1. The largest absolute Gasteiger partial charge is 0.349 e. The van der Waals surface area contributed by atoms with Crippen molar-refractivity contribution in [3.63, 3.8) is 0 Å². The van der Waals surface area contributed by atoms with Gasteiger partial charge in [0.25, 0.3) is 0 Å². The molecule has 23 heavy (non-hydrogen) atoms. The molecule has 0 aromatic heterocycles. The van der Waals surface area contributed by atoms with Gasteiger partial charge in [-0.1, -0.05) is 33.1 Å². The summed E-state index contributed by atoms with van der Waals surface area (Å²) in [4.78, 5) is 12.4. The van der Waals surface area contributed by atoms with E-state index in [0.29, 0.717) is 12.5 Å². The van der Waals surface area contributed by atoms with Crippen molar-refractivity contribution >= 4 is 18.3 Å². The summed E-state index contributed by atoms with van der Waals surface area (Å²) in [5.74, 6) is 2.45. The fourth-order valence-corrected chi connectivity index (χ4v) is 5.49. The minimum Gasteiger partial charge on any atom is -0.349 e. The normalized spacial score (nSPS) is 35.8. The van der Waals surface area contributed by atoms with E-state index in [0.717, 1.165) is 18.4 Å². The number of halogens is 1. The smallest absolute Gasteiger partial charge is 0.234 e. The summed E-state index contributed by atoms with van der Waals surface area (Å²) in [5, 5.41) is 6.82. The van der Waals surface area contributed by atoms with Gasteiger partial charge in [0.2, 0.25) is 5.91 Å². The lowest BCUT2D eigenvalue weighted by Gasteiger charge is -2.48. The van der Waals surface area contributed by atoms with Crippen LogP contribution in [0.2, 0.25) is 0 Å². The molecule has 2 bridgehead atoms. The van der Waals surface area contributed by atoms with Gasteiger partial charge in [0, 0.05) is 5.54 Å². The molecule has 2 N–H and O–H groups in total. The Hall–Kier alpha value is -0.280. The molecule has 3 rings (SSSR count). The molecule has 1 amide bonds. The van der Waals surface area contributed by atoms with Crippen LogP contribution in [0.5, 0.6) is 0 Å². The molecule has 3 fully saturated rings. The number of nitrogens with one attached hydrogen (secondary N) is 2. The number of hydrogen-bond acceptors (Lipinski definition) is 2. The Morgan fingerprint density at radius 3 is 2.26 bits per heavy atom. The molecule has 3 aliphatic rings. The molecule has 0 aromatic rings. The Kier molecular flexibility index (Phi) is 6.05. The van der Waals surface area contributed by atoms with Gasteiger partial charge in [-0.3, -0.25) is 4.79 Å². The molecular formula is C19H35ClN2O. The fraction of sp³-hybridized carbons (Fsp3) is 0.947. The van der Waals surface area contributed by atoms with Crippen molar-refractivity contribution in [2.45, 2.75) is 77.7 Å². The molecule has 0 aromatic carbocycles. The summed E-state index contributed by atoms with van der Waals surface area (Å²) in [6, 6.07) is 0. The molecule has 3 atom stereocenters. The summed E-state index contributed by atoms with van der Waals surface area (Å²) in [6.45, 7) is 8.49. The minimum absolute atomic E-state index is 0. The lowest BCUT2D eigenvalue weighted by atomic mass is 9.64. The first kappa shape index (κ1) is 19.1. The van der Waals surface area contributed by atoms with Crippen LogP contribution in [0.3, 0.4) is 0 Å². The van der Waals surface area contributed by atoms with E-state index in [1.807, 2.05) is 0 Å². The second kappa shape index (κ2) is 7.31. The van der Waals surface area contributed by atoms with Gasteiger partial charge in [0.1, 0.15) is 0 Å². The van der Waals surface area contributed by atoms with Crippen LogP contribution in [0.15, 0.2) is 0 Å². The zero-order chi connectivity index (χ0) is 15.8. The lowest BCUT2D eigenvalue weighted by Crippen LogP contribution is -2.60. The SMILES string of the molecule is CC1(C)C2CCC(C2)C1(C)NC(=O)CNCC1CCCCC1.Cl. The van der Waals surface area contributed by atoms with E-state index in [2.05, 4.69) is 31.4 Å². The van der Waals surface area contributed by atoms with Crippen LogP contribution < -0.4 is 10.6 Å². The van der Waals surface area contributed by atoms with Crippen molar-refractivity contribution in [1.29, 1.82) is 0 Å². The van der Waals surface area contributed by atoms with Crippen LogP contribution in [-0.2, 0) is 4.79 Å². The quantitative estimate of drug-likeness (QED) is 0.795. The molecule has 3 nitrogen and oxygen atoms in total. The first-order valence-corrected chi connectivity index (χ1v) is 9.45. The Morgan fingerprint density at radius 1 is 1.00 bits per heavy atom. The summed E-state index contributed by atoms with van der Waals surface area (Å²) in [6.07, 6.45) is 10.8. The van der Waals surface area contributed by atoms with Crippen LogP contribution >= 0.6 is 12.4 Å². The molecule has 0 radical (unpaired) electrons. The number of rotatable bonds is 5. The number of hydrogen-bond donors (Lipinski definition) is 2. The van der Waals surface area contributed by atoms with Gasteiger partial charge in [-0.05, 0) is 68.7 Å². The molecule has 0 spiro atoms. The maximum Gasteiger partial charge on any atom is 0.234 e. The van der Waals surface area contributed by atoms with Gasteiger partial charge in [-0.2, -0.15) is 0 Å². The van der Waals surface area contributed by atoms with Crippen molar-refractivity contribution in [1.82, 2.24) is 10.6 Å². The molecule has 4 heteroatoms. The van der Waals surface area contributed by atoms with Crippen LogP contribution in [0.25, 0.3) is 0 Å². The minimum atomic E-state index is -0.0144. The van der Waals surface area contributed by atoms with Crippen LogP contribution in [0.1, 0.15) is 72.1 Å². The van der Waals surface area contributed by atoms with E-state index in [1.54, 1.807) is 0 Å². The highest BCUT2D eigenvalue weighted by atomic mass is 35.5. The standard InChI is InChI=1S/C19H34N2O.ClH/c1-18(2)15-9-10-16(11-15)19(18,3)21-17(22)13-20-12-14-7-5-4-6-8-14;/h14-16,20H,4-13H2,1-3H3,(H,21,22);1H. The maximum atomic E-state index is 12.4. The Labute approximate surface area is 148 Å². The fourth-order valence-electron chi connectivity index (χ4n) is 5.49. The lowest BCUT2D eigenvalue weighted by molar-refractivity contribution is -0.124. The van der Waals surface area contributed by atoms with Crippen molar-refractivity contribution in [2.75, 3.05) is 13.1 Å². The number of carbonyl (C=O) groups excluding carboxylic acids is 1. The zero-order valence-corrected chi connectivity index (χ0v) is 15.9. The van der Waals surface area contributed by atoms with Crippen molar-refractivity contribution in [3.8, 4) is 0 Å². The first-order valence-electron chi connectivity index (χ1n) is 9.45. The predicted molar refractivity (Wildman–Crippen MR) is 97.9 cm³/mol. The maximum absolute atomic E-state index is 12.4. The van der Waals surface area contributed by atoms with Gasteiger partial charge in [-0.15, -0.1) is 12.4 Å². The predicted octanol–water partition coefficient (Wildman–Crippen LogP) is 3.91. The van der Waals surface area contributed by atoms with E-state index < -0.39 is 0 Å². The van der Waals surface area contributed by atoms with E-state index in [4.69, 9.17) is 0 Å². The van der Waals surface area contributed by atoms with Gasteiger partial charge >= 0.3 is 0 Å². The molecule has 3 unspecified atom stereocenters. The molecule has 0 heterocycles. The highest BCUT2D eigenvalue weighted by Crippen LogP contribution is 2.61. The third-order valence-corrected chi connectivity index (χ3v) is 7.45. The van der Waals surface area contributed by atoms with Gasteiger partial charge < -0.3 is 10.6 Å². The Bertz CT molecular complexity index is 420. The molecule has 0 saturated heterocycles. The number of fused-ring (bicyclic) bond motifs is 2. The van der Waals surface area contributed by atoms with E-state index in [9.17, 15) is 4.79 Å². The van der Waals surface area contributed by atoms with Gasteiger partial charge in [-0.25, -0.2) is 0 Å².